The summed E-state index contributed by atoms with van der Waals surface area (Å²) in [4.78, 5) is 36.3. The molecule has 9 heteroatoms. The van der Waals surface area contributed by atoms with E-state index in [9.17, 15) is 19.7 Å². The zero-order valence-electron chi connectivity index (χ0n) is 16.1. The van der Waals surface area contributed by atoms with Gasteiger partial charge in [0, 0.05) is 22.2 Å². The Kier molecular flexibility index (Phi) is 3.89. The number of amides is 2. The molecule has 0 unspecified atom stereocenters. The number of hydrogen-bond donors (Lipinski definition) is 0. The van der Waals surface area contributed by atoms with Crippen molar-refractivity contribution in [1.29, 1.82) is 0 Å². The number of allylic oxidation sites excluding steroid dienone is 2. The van der Waals surface area contributed by atoms with Crippen molar-refractivity contribution in [1.82, 2.24) is 5.01 Å². The number of carbonyl (C=O) groups is 2. The highest BCUT2D eigenvalue weighted by Crippen LogP contribution is 2.65. The van der Waals surface area contributed by atoms with Crippen LogP contribution in [-0.4, -0.2) is 28.0 Å². The summed E-state index contributed by atoms with van der Waals surface area (Å²) in [5, 5.41) is 16.1. The summed E-state index contributed by atoms with van der Waals surface area (Å²) < 4.78 is 6.29. The van der Waals surface area contributed by atoms with Gasteiger partial charge in [0.25, 0.3) is 17.5 Å². The molecule has 156 valence electrons. The Morgan fingerprint density at radius 1 is 1.10 bits per heavy atom. The third-order valence-corrected chi connectivity index (χ3v) is 7.65. The van der Waals surface area contributed by atoms with Gasteiger partial charge < -0.3 is 4.42 Å². The number of nitro groups is 1. The van der Waals surface area contributed by atoms with Gasteiger partial charge in [0.15, 0.2) is 0 Å². The summed E-state index contributed by atoms with van der Waals surface area (Å²) in [6.45, 7) is 0. The van der Waals surface area contributed by atoms with Crippen molar-refractivity contribution in [2.24, 2.45) is 40.6 Å². The molecule has 4 aliphatic carbocycles. The molecule has 1 aromatic heterocycles. The fraction of sp³-hybridized carbons (Fsp3) is 0.318. The highest BCUT2D eigenvalue weighted by atomic mass is 79.9. The van der Waals surface area contributed by atoms with Gasteiger partial charge in [-0.1, -0.05) is 12.2 Å². The fourth-order valence-electron chi connectivity index (χ4n) is 5.55. The maximum absolute atomic E-state index is 12.9. The lowest BCUT2D eigenvalue weighted by Gasteiger charge is -2.37. The van der Waals surface area contributed by atoms with Crippen molar-refractivity contribution < 1.29 is 18.9 Å². The average molecular weight is 482 g/mol. The standard InChI is InChI=1S/C22H16BrN3O5/c23-17-7-10(26(29)30)1-3-14(17)18-6-2-11(31-18)9-24-25-21(27)19-12-4-5-13(16-8-15(12)16)20(19)22(25)28/h1-7,9,12-13,15-16,19-20H,8H2/b24-9-/t12-,13-,15-,16-,19-,20+/m0/s1. The number of carbonyl (C=O) groups excluding carboxylic acids is 2. The first-order valence-corrected chi connectivity index (χ1v) is 10.9. The predicted molar refractivity (Wildman–Crippen MR) is 113 cm³/mol. The van der Waals surface area contributed by atoms with E-state index in [-0.39, 0.29) is 41.2 Å². The lowest BCUT2D eigenvalue weighted by molar-refractivity contribution is -0.384. The molecule has 5 aliphatic rings. The molecule has 0 N–H and O–H groups in total. The second-order valence-corrected chi connectivity index (χ2v) is 9.37. The second kappa shape index (κ2) is 6.46. The predicted octanol–water partition coefficient (Wildman–Crippen LogP) is 4.00. The van der Waals surface area contributed by atoms with Crippen LogP contribution < -0.4 is 0 Å². The topological polar surface area (TPSA) is 106 Å². The van der Waals surface area contributed by atoms with Crippen LogP contribution in [0.3, 0.4) is 0 Å². The van der Waals surface area contributed by atoms with E-state index in [1.807, 2.05) is 0 Å². The summed E-state index contributed by atoms with van der Waals surface area (Å²) in [5.74, 6) is 1.25. The smallest absolute Gasteiger partial charge is 0.270 e. The normalized spacial score (nSPS) is 32.6. The number of imide groups is 1. The van der Waals surface area contributed by atoms with Crippen LogP contribution in [-0.2, 0) is 9.59 Å². The van der Waals surface area contributed by atoms with Crippen LogP contribution in [0.15, 0.2) is 56.5 Å². The molecular weight excluding hydrogens is 466 g/mol. The van der Waals surface area contributed by atoms with E-state index in [1.165, 1.54) is 18.3 Å². The van der Waals surface area contributed by atoms with Crippen molar-refractivity contribution in [3.8, 4) is 11.3 Å². The molecule has 1 saturated heterocycles. The Balaban J connectivity index is 1.23. The molecule has 2 heterocycles. The SMILES string of the molecule is O=C1[C@@H]2[C@H]3C=C[C@@H]([C@@H]4C[C@@H]34)[C@@H]2C(=O)N1/N=C\c1ccc(-c2ccc([N+](=O)[O-])cc2Br)o1. The first-order valence-electron chi connectivity index (χ1n) is 10.1. The van der Waals surface area contributed by atoms with Crippen molar-refractivity contribution in [3.63, 3.8) is 0 Å². The largest absolute Gasteiger partial charge is 0.455 e. The Bertz CT molecular complexity index is 1180. The number of halogens is 1. The zero-order valence-corrected chi connectivity index (χ0v) is 17.6. The van der Waals surface area contributed by atoms with Crippen LogP contribution in [0.1, 0.15) is 12.2 Å². The van der Waals surface area contributed by atoms with Crippen LogP contribution in [0, 0.1) is 45.6 Å². The zero-order chi connectivity index (χ0) is 21.4. The van der Waals surface area contributed by atoms with E-state index in [0.29, 0.717) is 33.4 Å². The van der Waals surface area contributed by atoms with E-state index < -0.39 is 4.92 Å². The van der Waals surface area contributed by atoms with Crippen LogP contribution in [0.25, 0.3) is 11.3 Å². The highest BCUT2D eigenvalue weighted by molar-refractivity contribution is 9.10. The summed E-state index contributed by atoms with van der Waals surface area (Å²) >= 11 is 3.33. The van der Waals surface area contributed by atoms with Crippen LogP contribution in [0.4, 0.5) is 5.69 Å². The summed E-state index contributed by atoms with van der Waals surface area (Å²) in [6, 6.07) is 7.77. The molecule has 2 aromatic rings. The van der Waals surface area contributed by atoms with Crippen molar-refractivity contribution in [2.75, 3.05) is 0 Å². The van der Waals surface area contributed by atoms with Crippen molar-refractivity contribution in [3.05, 3.63) is 62.8 Å². The van der Waals surface area contributed by atoms with Gasteiger partial charge in [-0.3, -0.25) is 19.7 Å². The minimum atomic E-state index is -0.471. The molecular formula is C22H16BrN3O5. The van der Waals surface area contributed by atoms with Crippen LogP contribution in [0.2, 0.25) is 0 Å². The number of rotatable bonds is 4. The summed E-state index contributed by atoms with van der Waals surface area (Å²) in [7, 11) is 0. The Morgan fingerprint density at radius 2 is 1.77 bits per heavy atom. The molecule has 31 heavy (non-hydrogen) atoms. The van der Waals surface area contributed by atoms with Gasteiger partial charge in [0.05, 0.1) is 23.0 Å². The molecule has 0 radical (unpaired) electrons. The van der Waals surface area contributed by atoms with Gasteiger partial charge in [-0.15, -0.1) is 0 Å². The van der Waals surface area contributed by atoms with E-state index in [1.54, 1.807) is 18.2 Å². The quantitative estimate of drug-likeness (QED) is 0.215. The van der Waals surface area contributed by atoms with Gasteiger partial charge in [-0.25, -0.2) is 0 Å². The molecule has 2 saturated carbocycles. The van der Waals surface area contributed by atoms with Gasteiger partial charge in [0.2, 0.25) is 0 Å². The first-order chi connectivity index (χ1) is 14.9. The summed E-state index contributed by atoms with van der Waals surface area (Å²) in [6.07, 6.45) is 6.73. The lowest BCUT2D eigenvalue weighted by Crippen LogP contribution is -2.40. The first kappa shape index (κ1) is 18.7. The maximum Gasteiger partial charge on any atom is 0.270 e. The van der Waals surface area contributed by atoms with Crippen molar-refractivity contribution in [2.45, 2.75) is 6.42 Å². The average Bonchev–Trinajstić information content (AvgIpc) is 3.40. The molecule has 2 amide bonds. The number of benzene rings is 1. The Labute approximate surface area is 184 Å². The molecule has 8 nitrogen and oxygen atoms in total. The third kappa shape index (κ3) is 2.69. The van der Waals surface area contributed by atoms with E-state index in [4.69, 9.17) is 4.42 Å². The second-order valence-electron chi connectivity index (χ2n) is 8.51. The minimum Gasteiger partial charge on any atom is -0.455 e. The van der Waals surface area contributed by atoms with Crippen LogP contribution in [0.5, 0.6) is 0 Å². The number of hydrazone groups is 1. The number of nitro benzene ring substituents is 1. The van der Waals surface area contributed by atoms with Crippen LogP contribution >= 0.6 is 15.9 Å². The highest BCUT2D eigenvalue weighted by Gasteiger charge is 2.67. The number of nitrogens with zero attached hydrogens (tertiary/aromatic N) is 3. The van der Waals surface area contributed by atoms with Gasteiger partial charge in [-0.05, 0) is 64.2 Å². The number of hydrogen-bond acceptors (Lipinski definition) is 6. The third-order valence-electron chi connectivity index (χ3n) is 7.00. The minimum absolute atomic E-state index is 0.0300. The molecule has 3 fully saturated rings. The van der Waals surface area contributed by atoms with Gasteiger partial charge in [-0.2, -0.15) is 10.1 Å². The monoisotopic (exact) mass is 481 g/mol. The number of furan rings is 1. The molecule has 1 aromatic carbocycles. The van der Waals surface area contributed by atoms with Gasteiger partial charge >= 0.3 is 0 Å². The van der Waals surface area contributed by atoms with Gasteiger partial charge in [0.1, 0.15) is 11.5 Å². The molecule has 2 bridgehead atoms. The van der Waals surface area contributed by atoms with Crippen molar-refractivity contribution >= 4 is 39.6 Å². The maximum atomic E-state index is 12.9. The number of non-ortho nitro benzene ring substituents is 1. The molecule has 7 rings (SSSR count). The Morgan fingerprint density at radius 3 is 2.39 bits per heavy atom. The fourth-order valence-corrected chi connectivity index (χ4v) is 6.12. The van der Waals surface area contributed by atoms with E-state index >= 15 is 0 Å². The molecule has 6 atom stereocenters. The summed E-state index contributed by atoms with van der Waals surface area (Å²) in [5.41, 5.74) is 0.615. The van der Waals surface area contributed by atoms with E-state index in [0.717, 1.165) is 11.4 Å². The lowest BCUT2D eigenvalue weighted by atomic mass is 9.63. The van der Waals surface area contributed by atoms with E-state index in [2.05, 4.69) is 33.2 Å². The molecule has 0 spiro atoms. The Hall–Kier alpha value is -3.07. The molecule has 1 aliphatic heterocycles.